The van der Waals surface area contributed by atoms with Crippen molar-refractivity contribution in [2.45, 2.75) is 49.2 Å². The zero-order chi connectivity index (χ0) is 17.3. The Bertz CT molecular complexity index is 700. The second kappa shape index (κ2) is 9.42. The summed E-state index contributed by atoms with van der Waals surface area (Å²) in [6, 6.07) is 18.1. The van der Waals surface area contributed by atoms with Crippen LogP contribution in [0, 0.1) is 0 Å². The molecule has 1 fully saturated rings. The molecule has 2 aromatic rings. The van der Waals surface area contributed by atoms with Crippen LogP contribution in [-0.2, 0) is 5.75 Å². The van der Waals surface area contributed by atoms with Gasteiger partial charge in [-0.2, -0.15) is 5.10 Å². The van der Waals surface area contributed by atoms with Crippen LogP contribution in [0.3, 0.4) is 0 Å². The maximum absolute atomic E-state index is 12.2. The van der Waals surface area contributed by atoms with E-state index in [1.54, 1.807) is 11.8 Å². The standard InChI is InChI=1S/C21H24N2OS/c24-21(23-22-19-8-4-1-2-5-9-19)18-14-12-17(13-15-18)16-25-20-10-6-3-7-11-20/h3,6-7,10-15H,1-2,4-5,8-9,16H2,(H,23,24). The first kappa shape index (κ1) is 17.7. The molecule has 3 nitrogen and oxygen atoms in total. The quantitative estimate of drug-likeness (QED) is 0.443. The average molecular weight is 353 g/mol. The highest BCUT2D eigenvalue weighted by atomic mass is 32.2. The SMILES string of the molecule is O=C(NN=C1CCCCCC1)c1ccc(CSc2ccccc2)cc1. The third-order valence-electron chi connectivity index (χ3n) is 4.36. The van der Waals surface area contributed by atoms with E-state index >= 15 is 0 Å². The Morgan fingerprint density at radius 3 is 2.28 bits per heavy atom. The summed E-state index contributed by atoms with van der Waals surface area (Å²) in [5.41, 5.74) is 5.71. The van der Waals surface area contributed by atoms with Crippen molar-refractivity contribution in [2.24, 2.45) is 5.10 Å². The normalized spacial score (nSPS) is 14.6. The fourth-order valence-corrected chi connectivity index (χ4v) is 3.75. The number of benzene rings is 2. The molecule has 1 N–H and O–H groups in total. The molecule has 1 saturated carbocycles. The van der Waals surface area contributed by atoms with E-state index < -0.39 is 0 Å². The van der Waals surface area contributed by atoms with Gasteiger partial charge in [0, 0.05) is 21.9 Å². The number of nitrogens with one attached hydrogen (secondary N) is 1. The largest absolute Gasteiger partial charge is 0.271 e. The van der Waals surface area contributed by atoms with Crippen LogP contribution in [0.5, 0.6) is 0 Å². The third-order valence-corrected chi connectivity index (χ3v) is 5.44. The van der Waals surface area contributed by atoms with Gasteiger partial charge in [-0.3, -0.25) is 4.79 Å². The summed E-state index contributed by atoms with van der Waals surface area (Å²) in [5.74, 6) is 0.771. The molecule has 0 heterocycles. The minimum absolute atomic E-state index is 0.126. The van der Waals surface area contributed by atoms with Crippen LogP contribution in [0.25, 0.3) is 0 Å². The van der Waals surface area contributed by atoms with Crippen molar-refractivity contribution in [1.29, 1.82) is 0 Å². The van der Waals surface area contributed by atoms with Gasteiger partial charge in [0.25, 0.3) is 5.91 Å². The molecule has 0 atom stereocenters. The Hall–Kier alpha value is -2.07. The number of rotatable bonds is 5. The number of hydrogen-bond donors (Lipinski definition) is 1. The number of hydrogen-bond acceptors (Lipinski definition) is 3. The lowest BCUT2D eigenvalue weighted by Gasteiger charge is -2.05. The fraction of sp³-hybridized carbons (Fsp3) is 0.333. The molecular formula is C21H24N2OS. The molecule has 1 amide bonds. The third kappa shape index (κ3) is 5.75. The van der Waals surface area contributed by atoms with Crippen molar-refractivity contribution in [3.63, 3.8) is 0 Å². The van der Waals surface area contributed by atoms with Gasteiger partial charge in [0.2, 0.25) is 0 Å². The molecular weight excluding hydrogens is 328 g/mol. The van der Waals surface area contributed by atoms with E-state index in [9.17, 15) is 4.79 Å². The molecule has 4 heteroatoms. The minimum atomic E-state index is -0.126. The summed E-state index contributed by atoms with van der Waals surface area (Å²) in [4.78, 5) is 13.5. The summed E-state index contributed by atoms with van der Waals surface area (Å²) >= 11 is 1.80. The van der Waals surface area contributed by atoms with Gasteiger partial charge in [-0.05, 0) is 55.5 Å². The van der Waals surface area contributed by atoms with Crippen LogP contribution < -0.4 is 5.43 Å². The predicted molar refractivity (Wildman–Crippen MR) is 105 cm³/mol. The maximum Gasteiger partial charge on any atom is 0.271 e. The summed E-state index contributed by atoms with van der Waals surface area (Å²) in [5, 5.41) is 4.33. The van der Waals surface area contributed by atoms with Crippen LogP contribution >= 0.6 is 11.8 Å². The van der Waals surface area contributed by atoms with Crippen molar-refractivity contribution in [3.05, 3.63) is 65.7 Å². The minimum Gasteiger partial charge on any atom is -0.267 e. The Morgan fingerprint density at radius 2 is 1.60 bits per heavy atom. The van der Waals surface area contributed by atoms with Crippen LogP contribution in [0.15, 0.2) is 64.6 Å². The molecule has 3 rings (SSSR count). The number of thioether (sulfide) groups is 1. The summed E-state index contributed by atoms with van der Waals surface area (Å²) in [6.45, 7) is 0. The first-order valence-electron chi connectivity index (χ1n) is 8.94. The van der Waals surface area contributed by atoms with Crippen LogP contribution in [0.4, 0.5) is 0 Å². The van der Waals surface area contributed by atoms with Gasteiger partial charge in [0.05, 0.1) is 0 Å². The van der Waals surface area contributed by atoms with E-state index in [-0.39, 0.29) is 5.91 Å². The van der Waals surface area contributed by atoms with Gasteiger partial charge in [-0.1, -0.05) is 43.2 Å². The molecule has 0 unspecified atom stereocenters. The lowest BCUT2D eigenvalue weighted by Crippen LogP contribution is -2.19. The molecule has 0 saturated heterocycles. The topological polar surface area (TPSA) is 41.5 Å². The van der Waals surface area contributed by atoms with Gasteiger partial charge in [-0.15, -0.1) is 11.8 Å². The van der Waals surface area contributed by atoms with E-state index in [2.05, 4.69) is 22.7 Å². The van der Waals surface area contributed by atoms with Crippen molar-refractivity contribution in [2.75, 3.05) is 0 Å². The number of nitrogens with zero attached hydrogens (tertiary/aromatic N) is 1. The monoisotopic (exact) mass is 352 g/mol. The van der Waals surface area contributed by atoms with Crippen molar-refractivity contribution in [1.82, 2.24) is 5.43 Å². The highest BCUT2D eigenvalue weighted by Crippen LogP contribution is 2.22. The van der Waals surface area contributed by atoms with E-state index in [1.807, 2.05) is 42.5 Å². The van der Waals surface area contributed by atoms with E-state index in [4.69, 9.17) is 0 Å². The highest BCUT2D eigenvalue weighted by molar-refractivity contribution is 7.98. The number of carbonyl (C=O) groups excluding carboxylic acids is 1. The van der Waals surface area contributed by atoms with Crippen LogP contribution in [0.1, 0.15) is 54.4 Å². The molecule has 0 bridgehead atoms. The molecule has 0 aliphatic heterocycles. The summed E-state index contributed by atoms with van der Waals surface area (Å²) < 4.78 is 0. The molecule has 25 heavy (non-hydrogen) atoms. The Morgan fingerprint density at radius 1 is 0.920 bits per heavy atom. The van der Waals surface area contributed by atoms with E-state index in [0.29, 0.717) is 5.56 Å². The molecule has 130 valence electrons. The lowest BCUT2D eigenvalue weighted by atomic mass is 10.1. The Labute approximate surface area is 153 Å². The Kier molecular flexibility index (Phi) is 6.69. The van der Waals surface area contributed by atoms with Crippen molar-refractivity contribution >= 4 is 23.4 Å². The zero-order valence-electron chi connectivity index (χ0n) is 14.4. The van der Waals surface area contributed by atoms with E-state index in [0.717, 1.165) is 24.3 Å². The van der Waals surface area contributed by atoms with Crippen LogP contribution in [0.2, 0.25) is 0 Å². The smallest absolute Gasteiger partial charge is 0.267 e. The zero-order valence-corrected chi connectivity index (χ0v) is 15.2. The fourth-order valence-electron chi connectivity index (χ4n) is 2.88. The van der Waals surface area contributed by atoms with Gasteiger partial charge in [0.15, 0.2) is 0 Å². The summed E-state index contributed by atoms with van der Waals surface area (Å²) in [6.07, 6.45) is 6.93. The van der Waals surface area contributed by atoms with Crippen molar-refractivity contribution < 1.29 is 4.79 Å². The van der Waals surface area contributed by atoms with Crippen molar-refractivity contribution in [3.8, 4) is 0 Å². The highest BCUT2D eigenvalue weighted by Gasteiger charge is 2.08. The lowest BCUT2D eigenvalue weighted by molar-refractivity contribution is 0.0954. The Balaban J connectivity index is 1.52. The number of amides is 1. The van der Waals surface area contributed by atoms with Crippen LogP contribution in [-0.4, -0.2) is 11.6 Å². The van der Waals surface area contributed by atoms with Gasteiger partial charge in [0.1, 0.15) is 0 Å². The first-order chi connectivity index (χ1) is 12.3. The van der Waals surface area contributed by atoms with E-state index in [1.165, 1.54) is 36.1 Å². The predicted octanol–water partition coefficient (Wildman–Crippen LogP) is 5.42. The molecule has 0 radical (unpaired) electrons. The second-order valence-electron chi connectivity index (χ2n) is 6.33. The second-order valence-corrected chi connectivity index (χ2v) is 7.38. The first-order valence-corrected chi connectivity index (χ1v) is 9.92. The molecule has 0 aromatic heterocycles. The average Bonchev–Trinajstić information content (AvgIpc) is 2.94. The maximum atomic E-state index is 12.2. The number of hydrazone groups is 1. The molecule has 1 aliphatic rings. The summed E-state index contributed by atoms with van der Waals surface area (Å²) in [7, 11) is 0. The van der Waals surface area contributed by atoms with Gasteiger partial charge < -0.3 is 0 Å². The number of carbonyl (C=O) groups is 1. The molecule has 2 aromatic carbocycles. The van der Waals surface area contributed by atoms with Gasteiger partial charge in [-0.25, -0.2) is 5.43 Å². The van der Waals surface area contributed by atoms with Gasteiger partial charge >= 0.3 is 0 Å². The molecule has 1 aliphatic carbocycles. The molecule has 0 spiro atoms.